The minimum absolute atomic E-state index is 0.210. The van der Waals surface area contributed by atoms with Crippen LogP contribution in [0.2, 0.25) is 0 Å². The highest BCUT2D eigenvalue weighted by Gasteiger charge is 2.65. The highest BCUT2D eigenvalue weighted by Crippen LogP contribution is 2.63. The predicted octanol–water partition coefficient (Wildman–Crippen LogP) is 6.55. The molecule has 0 radical (unpaired) electrons. The maximum atomic E-state index is 14.0. The van der Waals surface area contributed by atoms with Crippen molar-refractivity contribution in [3.8, 4) is 0 Å². The third-order valence-corrected chi connectivity index (χ3v) is 8.76. The average Bonchev–Trinajstić information content (AvgIpc) is 2.86. The molecule has 1 heterocycles. The zero-order valence-electron chi connectivity index (χ0n) is 21.0. The first-order chi connectivity index (χ1) is 17.5. The van der Waals surface area contributed by atoms with E-state index in [0.717, 1.165) is 16.7 Å². The van der Waals surface area contributed by atoms with Crippen molar-refractivity contribution in [2.75, 3.05) is 5.32 Å². The number of aromatic nitrogens is 1. The van der Waals surface area contributed by atoms with Gasteiger partial charge in [0.2, 0.25) is 0 Å². The summed E-state index contributed by atoms with van der Waals surface area (Å²) in [5, 5.41) is 13.7. The molecule has 0 bridgehead atoms. The van der Waals surface area contributed by atoms with Gasteiger partial charge in [-0.05, 0) is 91.8 Å². The van der Waals surface area contributed by atoms with E-state index in [1.165, 1.54) is 0 Å². The predicted molar refractivity (Wildman–Crippen MR) is 136 cm³/mol. The second-order valence-corrected chi connectivity index (χ2v) is 11.0. The van der Waals surface area contributed by atoms with Crippen LogP contribution in [0.15, 0.2) is 66.9 Å². The number of fused-ring (bicyclic) bond motifs is 3. The number of pyridine rings is 1. The molecule has 1 aromatic heterocycles. The summed E-state index contributed by atoms with van der Waals surface area (Å²) in [6.45, 7) is 3.72. The van der Waals surface area contributed by atoms with Crippen LogP contribution in [-0.4, -0.2) is 27.8 Å². The molecule has 2 aliphatic rings. The van der Waals surface area contributed by atoms with Crippen LogP contribution < -0.4 is 5.32 Å². The van der Waals surface area contributed by atoms with Crippen molar-refractivity contribution in [3.63, 3.8) is 0 Å². The molecule has 2 N–H and O–H groups in total. The number of benzene rings is 2. The Kier molecular flexibility index (Phi) is 6.18. The molecule has 1 amide bonds. The number of anilines is 1. The van der Waals surface area contributed by atoms with E-state index >= 15 is 0 Å². The molecule has 0 unspecified atom stereocenters. The second kappa shape index (κ2) is 8.98. The SMILES string of the molecule is Cc1ncccc1NC(=O)c1ccc2c(c1)CC[C@]1(C)C[C@](O)(C(F)(F)F)CC[C@]21Cc1ccccc1. The number of nitrogens with zero attached hydrogens (tertiary/aromatic N) is 1. The summed E-state index contributed by atoms with van der Waals surface area (Å²) in [6, 6.07) is 18.9. The van der Waals surface area contributed by atoms with Gasteiger partial charge in [0.1, 0.15) is 0 Å². The number of aryl methyl sites for hydroxylation is 2. The van der Waals surface area contributed by atoms with Gasteiger partial charge in [-0.3, -0.25) is 9.78 Å². The third kappa shape index (κ3) is 4.33. The lowest BCUT2D eigenvalue weighted by Crippen LogP contribution is -2.61. The lowest BCUT2D eigenvalue weighted by atomic mass is 9.45. The van der Waals surface area contributed by atoms with Gasteiger partial charge in [0.15, 0.2) is 5.60 Å². The minimum atomic E-state index is -4.68. The Morgan fingerprint density at radius 2 is 1.81 bits per heavy atom. The molecule has 0 aliphatic heterocycles. The quantitative estimate of drug-likeness (QED) is 0.420. The van der Waals surface area contributed by atoms with Crippen molar-refractivity contribution in [1.82, 2.24) is 4.98 Å². The maximum Gasteiger partial charge on any atom is 0.417 e. The molecule has 1 saturated carbocycles. The Balaban J connectivity index is 1.55. The van der Waals surface area contributed by atoms with Gasteiger partial charge in [-0.25, -0.2) is 0 Å². The molecule has 0 saturated heterocycles. The zero-order valence-corrected chi connectivity index (χ0v) is 21.0. The van der Waals surface area contributed by atoms with Crippen molar-refractivity contribution in [1.29, 1.82) is 0 Å². The number of hydrogen-bond acceptors (Lipinski definition) is 3. The molecule has 1 fully saturated rings. The molecule has 7 heteroatoms. The van der Waals surface area contributed by atoms with Crippen LogP contribution in [0.5, 0.6) is 0 Å². The molecule has 4 nitrogen and oxygen atoms in total. The Labute approximate surface area is 215 Å². The number of aliphatic hydroxyl groups is 1. The summed E-state index contributed by atoms with van der Waals surface area (Å²) in [5.41, 5.74) is 0.827. The van der Waals surface area contributed by atoms with Gasteiger partial charge in [-0.2, -0.15) is 13.2 Å². The Bertz CT molecular complexity index is 1330. The highest BCUT2D eigenvalue weighted by atomic mass is 19.4. The summed E-state index contributed by atoms with van der Waals surface area (Å²) in [4.78, 5) is 17.3. The summed E-state index contributed by atoms with van der Waals surface area (Å²) in [7, 11) is 0. The van der Waals surface area contributed by atoms with E-state index in [1.807, 2.05) is 56.3 Å². The number of rotatable bonds is 4. The van der Waals surface area contributed by atoms with Crippen LogP contribution in [0.4, 0.5) is 18.9 Å². The van der Waals surface area contributed by atoms with E-state index in [4.69, 9.17) is 0 Å². The highest BCUT2D eigenvalue weighted by molar-refractivity contribution is 6.04. The number of carbonyl (C=O) groups is 1. The standard InChI is InChI=1S/C30H31F3N2O2/c1-20-25(9-6-16-34-20)35-26(36)23-10-11-24-22(17-23)12-13-27(2)19-29(37,30(31,32)33)15-14-28(24,27)18-21-7-4-3-5-8-21/h3-11,16-17,37H,12-15,18-19H2,1-2H3,(H,35,36)/t27-,28+,29+/m1/s1. The molecule has 37 heavy (non-hydrogen) atoms. The van der Waals surface area contributed by atoms with Crippen molar-refractivity contribution in [3.05, 3.63) is 94.8 Å². The molecule has 2 aliphatic carbocycles. The topological polar surface area (TPSA) is 62.2 Å². The summed E-state index contributed by atoms with van der Waals surface area (Å²) >= 11 is 0. The molecule has 2 aromatic carbocycles. The minimum Gasteiger partial charge on any atom is -0.380 e. The van der Waals surface area contributed by atoms with Gasteiger partial charge >= 0.3 is 6.18 Å². The van der Waals surface area contributed by atoms with Gasteiger partial charge in [-0.15, -0.1) is 0 Å². The number of amides is 1. The summed E-state index contributed by atoms with van der Waals surface area (Å²) in [6.07, 6.45) is -1.87. The number of halogens is 3. The molecule has 0 spiro atoms. The first kappa shape index (κ1) is 25.5. The smallest absolute Gasteiger partial charge is 0.380 e. The van der Waals surface area contributed by atoms with Crippen LogP contribution in [0.3, 0.4) is 0 Å². The molecule has 3 atom stereocenters. The lowest BCUT2D eigenvalue weighted by molar-refractivity contribution is -0.288. The van der Waals surface area contributed by atoms with Gasteiger partial charge in [0, 0.05) is 17.2 Å². The third-order valence-electron chi connectivity index (χ3n) is 8.76. The van der Waals surface area contributed by atoms with Gasteiger partial charge in [0.05, 0.1) is 11.4 Å². The number of nitrogens with one attached hydrogen (secondary N) is 1. The fraction of sp³-hybridized carbons (Fsp3) is 0.400. The number of hydrogen-bond donors (Lipinski definition) is 2. The van der Waals surface area contributed by atoms with E-state index in [2.05, 4.69) is 10.3 Å². The van der Waals surface area contributed by atoms with Crippen LogP contribution in [0.25, 0.3) is 0 Å². The molecular formula is C30H31F3N2O2. The summed E-state index contributed by atoms with van der Waals surface area (Å²) < 4.78 is 41.9. The molecule has 194 valence electrons. The Morgan fingerprint density at radius 1 is 1.05 bits per heavy atom. The van der Waals surface area contributed by atoms with E-state index in [0.29, 0.717) is 36.2 Å². The van der Waals surface area contributed by atoms with E-state index in [-0.39, 0.29) is 25.2 Å². The van der Waals surface area contributed by atoms with Crippen LogP contribution in [0.1, 0.15) is 65.3 Å². The van der Waals surface area contributed by atoms with Gasteiger partial charge in [0.25, 0.3) is 5.91 Å². The maximum absolute atomic E-state index is 14.0. The van der Waals surface area contributed by atoms with E-state index < -0.39 is 22.6 Å². The van der Waals surface area contributed by atoms with Crippen molar-refractivity contribution in [2.45, 2.75) is 69.6 Å². The monoisotopic (exact) mass is 508 g/mol. The Hall–Kier alpha value is -3.19. The Morgan fingerprint density at radius 3 is 2.51 bits per heavy atom. The van der Waals surface area contributed by atoms with Gasteiger partial charge in [-0.1, -0.05) is 43.3 Å². The summed E-state index contributed by atoms with van der Waals surface area (Å²) in [5.74, 6) is -0.251. The van der Waals surface area contributed by atoms with Crippen LogP contribution in [-0.2, 0) is 18.3 Å². The second-order valence-electron chi connectivity index (χ2n) is 11.0. The zero-order chi connectivity index (χ0) is 26.5. The molecule has 5 rings (SSSR count). The van der Waals surface area contributed by atoms with Gasteiger partial charge < -0.3 is 10.4 Å². The number of alkyl halides is 3. The van der Waals surface area contributed by atoms with Crippen molar-refractivity contribution >= 4 is 11.6 Å². The molecular weight excluding hydrogens is 477 g/mol. The number of carbonyl (C=O) groups excluding carboxylic acids is 1. The van der Waals surface area contributed by atoms with Crippen LogP contribution >= 0.6 is 0 Å². The average molecular weight is 509 g/mol. The van der Waals surface area contributed by atoms with Crippen molar-refractivity contribution < 1.29 is 23.1 Å². The van der Waals surface area contributed by atoms with E-state index in [9.17, 15) is 23.1 Å². The van der Waals surface area contributed by atoms with Crippen LogP contribution in [0, 0.1) is 12.3 Å². The molecule has 3 aromatic rings. The lowest BCUT2D eigenvalue weighted by Gasteiger charge is -2.60. The largest absolute Gasteiger partial charge is 0.417 e. The first-order valence-electron chi connectivity index (χ1n) is 12.7. The van der Waals surface area contributed by atoms with Crippen molar-refractivity contribution in [2.24, 2.45) is 5.41 Å². The fourth-order valence-corrected chi connectivity index (χ4v) is 6.63. The normalized spacial score (nSPS) is 27.2. The first-order valence-corrected chi connectivity index (χ1v) is 12.7. The van der Waals surface area contributed by atoms with E-state index in [1.54, 1.807) is 24.4 Å². The fourth-order valence-electron chi connectivity index (χ4n) is 6.63.